The number of morpholine rings is 1. The molecule has 3 nitrogen and oxygen atoms in total. The number of hydrogen-bond acceptors (Lipinski definition) is 3. The van der Waals surface area contributed by atoms with E-state index in [-0.39, 0.29) is 0 Å². The Hall–Kier alpha value is -0.450. The van der Waals surface area contributed by atoms with E-state index in [2.05, 4.69) is 38.8 Å². The van der Waals surface area contributed by atoms with Crippen LogP contribution in [0, 0.1) is 6.92 Å². The molecule has 1 atom stereocenters. The Morgan fingerprint density at radius 3 is 3.19 bits per heavy atom. The lowest BCUT2D eigenvalue weighted by Gasteiger charge is -2.34. The highest BCUT2D eigenvalue weighted by atomic mass is 79.9. The van der Waals surface area contributed by atoms with Crippen LogP contribution in [0.25, 0.3) is 0 Å². The average molecular weight is 285 g/mol. The standard InChI is InChI=1S/C12H17BrN2O/c1-10-4-11(7-14-6-10)8-15-2-3-16-9-12(15)5-13/h4,6-7,12H,2-3,5,8-9H2,1H3. The Morgan fingerprint density at radius 1 is 1.56 bits per heavy atom. The lowest BCUT2D eigenvalue weighted by Crippen LogP contribution is -2.45. The minimum Gasteiger partial charge on any atom is -0.378 e. The van der Waals surface area contributed by atoms with Crippen molar-refractivity contribution in [2.75, 3.05) is 25.1 Å². The van der Waals surface area contributed by atoms with Gasteiger partial charge in [0, 0.05) is 36.9 Å². The second-order valence-electron chi connectivity index (χ2n) is 4.22. The molecule has 4 heteroatoms. The average Bonchev–Trinajstić information content (AvgIpc) is 2.30. The first-order valence-electron chi connectivity index (χ1n) is 5.58. The largest absolute Gasteiger partial charge is 0.378 e. The van der Waals surface area contributed by atoms with Crippen LogP contribution in [-0.2, 0) is 11.3 Å². The fourth-order valence-corrected chi connectivity index (χ4v) is 2.57. The van der Waals surface area contributed by atoms with Gasteiger partial charge in [-0.25, -0.2) is 0 Å². The van der Waals surface area contributed by atoms with Gasteiger partial charge in [-0.3, -0.25) is 9.88 Å². The lowest BCUT2D eigenvalue weighted by atomic mass is 10.2. The number of halogens is 1. The molecule has 0 saturated carbocycles. The predicted molar refractivity (Wildman–Crippen MR) is 67.8 cm³/mol. The van der Waals surface area contributed by atoms with Gasteiger partial charge >= 0.3 is 0 Å². The van der Waals surface area contributed by atoms with Crippen molar-refractivity contribution in [1.29, 1.82) is 0 Å². The van der Waals surface area contributed by atoms with Crippen LogP contribution in [0.15, 0.2) is 18.5 Å². The van der Waals surface area contributed by atoms with Crippen molar-refractivity contribution >= 4 is 15.9 Å². The summed E-state index contributed by atoms with van der Waals surface area (Å²) in [5, 5.41) is 0.965. The number of aryl methyl sites for hydroxylation is 1. The van der Waals surface area contributed by atoms with Gasteiger partial charge in [0.2, 0.25) is 0 Å². The first-order valence-corrected chi connectivity index (χ1v) is 6.70. The van der Waals surface area contributed by atoms with Crippen LogP contribution < -0.4 is 0 Å². The molecule has 0 amide bonds. The zero-order chi connectivity index (χ0) is 11.4. The van der Waals surface area contributed by atoms with E-state index in [0.717, 1.165) is 31.6 Å². The van der Waals surface area contributed by atoms with E-state index >= 15 is 0 Å². The summed E-state index contributed by atoms with van der Waals surface area (Å²) in [6.07, 6.45) is 3.85. The summed E-state index contributed by atoms with van der Waals surface area (Å²) in [5.74, 6) is 0. The van der Waals surface area contributed by atoms with Gasteiger partial charge in [-0.15, -0.1) is 0 Å². The Morgan fingerprint density at radius 2 is 2.44 bits per heavy atom. The molecule has 0 radical (unpaired) electrons. The quantitative estimate of drug-likeness (QED) is 0.794. The molecule has 2 heterocycles. The van der Waals surface area contributed by atoms with E-state index in [9.17, 15) is 0 Å². The molecule has 1 saturated heterocycles. The van der Waals surface area contributed by atoms with Gasteiger partial charge in [0.05, 0.1) is 13.2 Å². The number of nitrogens with zero attached hydrogens (tertiary/aromatic N) is 2. The zero-order valence-corrected chi connectivity index (χ0v) is 11.1. The highest BCUT2D eigenvalue weighted by molar-refractivity contribution is 9.09. The van der Waals surface area contributed by atoms with E-state index in [1.807, 2.05) is 12.4 Å². The van der Waals surface area contributed by atoms with E-state index in [1.54, 1.807) is 0 Å². The molecule has 1 aromatic heterocycles. The summed E-state index contributed by atoms with van der Waals surface area (Å²) in [4.78, 5) is 6.68. The first kappa shape index (κ1) is 12.0. The topological polar surface area (TPSA) is 25.4 Å². The Balaban J connectivity index is 2.02. The maximum atomic E-state index is 5.48. The second-order valence-corrected chi connectivity index (χ2v) is 4.87. The molecule has 88 valence electrons. The summed E-state index contributed by atoms with van der Waals surface area (Å²) in [6, 6.07) is 2.68. The van der Waals surface area contributed by atoms with Crippen molar-refractivity contribution in [2.24, 2.45) is 0 Å². The van der Waals surface area contributed by atoms with Crippen molar-refractivity contribution in [3.05, 3.63) is 29.6 Å². The number of aromatic nitrogens is 1. The van der Waals surface area contributed by atoms with E-state index < -0.39 is 0 Å². The Bertz CT molecular complexity index is 346. The van der Waals surface area contributed by atoms with E-state index in [4.69, 9.17) is 4.74 Å². The van der Waals surface area contributed by atoms with Crippen LogP contribution in [0.5, 0.6) is 0 Å². The van der Waals surface area contributed by atoms with E-state index in [1.165, 1.54) is 11.1 Å². The second kappa shape index (κ2) is 5.75. The molecule has 0 aromatic carbocycles. The molecule has 16 heavy (non-hydrogen) atoms. The van der Waals surface area contributed by atoms with Crippen LogP contribution in [0.2, 0.25) is 0 Å². The molecular weight excluding hydrogens is 268 g/mol. The van der Waals surface area contributed by atoms with Crippen molar-refractivity contribution in [3.63, 3.8) is 0 Å². The first-order chi connectivity index (χ1) is 7.79. The van der Waals surface area contributed by atoms with Gasteiger partial charge < -0.3 is 4.74 Å². The molecule has 0 aliphatic carbocycles. The Labute approximate surface area is 105 Å². The lowest BCUT2D eigenvalue weighted by molar-refractivity contribution is -0.00217. The third-order valence-corrected chi connectivity index (χ3v) is 3.59. The normalized spacial score (nSPS) is 22.2. The van der Waals surface area contributed by atoms with Crippen molar-refractivity contribution < 1.29 is 4.74 Å². The number of pyridine rings is 1. The van der Waals surface area contributed by atoms with E-state index in [0.29, 0.717) is 6.04 Å². The summed E-state index contributed by atoms with van der Waals surface area (Å²) in [6.45, 7) is 5.71. The van der Waals surface area contributed by atoms with Crippen LogP contribution in [0.4, 0.5) is 0 Å². The fraction of sp³-hybridized carbons (Fsp3) is 0.583. The Kier molecular flexibility index (Phi) is 4.32. The van der Waals surface area contributed by atoms with Gasteiger partial charge in [-0.05, 0) is 18.1 Å². The van der Waals surface area contributed by atoms with Crippen molar-refractivity contribution in [2.45, 2.75) is 19.5 Å². The minimum atomic E-state index is 0.481. The third kappa shape index (κ3) is 3.03. The SMILES string of the molecule is Cc1cncc(CN2CCOCC2CBr)c1. The molecular formula is C12H17BrN2O. The summed E-state index contributed by atoms with van der Waals surface area (Å²) in [5.41, 5.74) is 2.51. The molecule has 2 rings (SSSR count). The minimum absolute atomic E-state index is 0.481. The highest BCUT2D eigenvalue weighted by Gasteiger charge is 2.21. The summed E-state index contributed by atoms with van der Waals surface area (Å²) >= 11 is 3.54. The number of rotatable bonds is 3. The number of hydrogen-bond donors (Lipinski definition) is 0. The van der Waals surface area contributed by atoms with Crippen LogP contribution in [0.3, 0.4) is 0 Å². The monoisotopic (exact) mass is 284 g/mol. The van der Waals surface area contributed by atoms with Crippen LogP contribution in [0.1, 0.15) is 11.1 Å². The molecule has 0 spiro atoms. The maximum Gasteiger partial charge on any atom is 0.0630 e. The molecule has 0 N–H and O–H groups in total. The van der Waals surface area contributed by atoms with Gasteiger partial charge in [-0.1, -0.05) is 22.0 Å². The summed E-state index contributed by atoms with van der Waals surface area (Å²) in [7, 11) is 0. The molecule has 1 unspecified atom stereocenters. The molecule has 1 aromatic rings. The van der Waals surface area contributed by atoms with Gasteiger partial charge in [-0.2, -0.15) is 0 Å². The van der Waals surface area contributed by atoms with Crippen LogP contribution >= 0.6 is 15.9 Å². The smallest absolute Gasteiger partial charge is 0.0630 e. The van der Waals surface area contributed by atoms with Gasteiger partial charge in [0.1, 0.15) is 0 Å². The predicted octanol–water partition coefficient (Wildman–Crippen LogP) is 1.99. The number of alkyl halides is 1. The highest BCUT2D eigenvalue weighted by Crippen LogP contribution is 2.14. The van der Waals surface area contributed by atoms with Gasteiger partial charge in [0.15, 0.2) is 0 Å². The maximum absolute atomic E-state index is 5.48. The summed E-state index contributed by atoms with van der Waals surface area (Å²) < 4.78 is 5.48. The molecule has 1 fully saturated rings. The fourth-order valence-electron chi connectivity index (χ4n) is 1.98. The number of ether oxygens (including phenoxy) is 1. The van der Waals surface area contributed by atoms with Crippen LogP contribution in [-0.4, -0.2) is 41.0 Å². The third-order valence-electron chi connectivity index (χ3n) is 2.84. The van der Waals surface area contributed by atoms with Crippen molar-refractivity contribution in [1.82, 2.24) is 9.88 Å². The van der Waals surface area contributed by atoms with Gasteiger partial charge in [0.25, 0.3) is 0 Å². The molecule has 0 bridgehead atoms. The van der Waals surface area contributed by atoms with Crippen molar-refractivity contribution in [3.8, 4) is 0 Å². The zero-order valence-electron chi connectivity index (χ0n) is 9.53. The molecule has 1 aliphatic heterocycles. The molecule has 1 aliphatic rings.